The van der Waals surface area contributed by atoms with Gasteiger partial charge in [0.1, 0.15) is 48.8 Å². The van der Waals surface area contributed by atoms with Gasteiger partial charge in [0.05, 0.1) is 35.2 Å². The van der Waals surface area contributed by atoms with Crippen LogP contribution in [0, 0.1) is 0 Å². The third kappa shape index (κ3) is 16.3. The van der Waals surface area contributed by atoms with Crippen molar-refractivity contribution in [1.82, 2.24) is 5.32 Å². The van der Waals surface area contributed by atoms with Gasteiger partial charge in [-0.15, -0.1) is 0 Å². The Morgan fingerprint density at radius 3 is 1.90 bits per heavy atom. The molecule has 2 aliphatic heterocycles. The summed E-state index contributed by atoms with van der Waals surface area (Å²) < 4.78 is 54.4. The van der Waals surface area contributed by atoms with Gasteiger partial charge in [-0.25, -0.2) is 8.42 Å². The lowest BCUT2D eigenvalue weighted by atomic mass is 9.97. The smallest absolute Gasteiger partial charge is 0.220 e. The lowest BCUT2D eigenvalue weighted by Gasteiger charge is -2.46. The Morgan fingerprint density at radius 2 is 1.31 bits per heavy atom. The van der Waals surface area contributed by atoms with Gasteiger partial charge in [0.15, 0.2) is 12.6 Å². The third-order valence-electron chi connectivity index (χ3n) is 8.68. The standard InChI is InChI=1S/C32H59NO15S/c1-21(15-13-11-9-7-5-3-2-4-6-8-10-12-14-16-24(36)33-17-18-49(42,43)44)45-32-30(28(40)26(38)23(20-35)47-32)48-31-29(41)27(39)25(37)22(19-34)46-31/h2-3,21-23,25-32,34-35,37-41H,4-20H2,1H3,(H,33,36)(H,42,43,44)/p-1/b3-2-. The summed E-state index contributed by atoms with van der Waals surface area (Å²) >= 11 is 0. The van der Waals surface area contributed by atoms with Crippen LogP contribution in [0.2, 0.25) is 0 Å². The van der Waals surface area contributed by atoms with E-state index in [4.69, 9.17) is 18.9 Å². The lowest BCUT2D eigenvalue weighted by molar-refractivity contribution is -0.371. The number of carbonyl (C=O) groups excluding carboxylic acids is 1. The van der Waals surface area contributed by atoms with Crippen molar-refractivity contribution < 1.29 is 72.5 Å². The molecule has 11 atom stereocenters. The SMILES string of the molecule is CC(CCCCCC/C=C\CCCCCCCC(=O)NCCS(=O)(=O)[O-])OC1OC(CO)C(O)C(O)C1OC1OC(CO)C(O)C(O)C1O. The molecule has 0 aromatic carbocycles. The minimum atomic E-state index is -4.31. The average Bonchev–Trinajstić information content (AvgIpc) is 3.05. The predicted octanol–water partition coefficient (Wildman–Crippen LogP) is -0.695. The van der Waals surface area contributed by atoms with E-state index in [0.717, 1.165) is 70.6 Å². The van der Waals surface area contributed by atoms with E-state index in [1.165, 1.54) is 0 Å². The van der Waals surface area contributed by atoms with Gasteiger partial charge in [0.25, 0.3) is 0 Å². The zero-order valence-electron chi connectivity index (χ0n) is 28.3. The summed E-state index contributed by atoms with van der Waals surface area (Å²) in [4.78, 5) is 11.6. The molecule has 11 unspecified atom stereocenters. The second-order valence-electron chi connectivity index (χ2n) is 12.8. The molecule has 0 radical (unpaired) electrons. The van der Waals surface area contributed by atoms with Crippen LogP contribution in [0.15, 0.2) is 12.2 Å². The molecule has 2 rings (SSSR count). The van der Waals surface area contributed by atoms with Crippen molar-refractivity contribution in [3.63, 3.8) is 0 Å². The number of ether oxygens (including phenoxy) is 4. The lowest BCUT2D eigenvalue weighted by Crippen LogP contribution is -2.64. The molecule has 2 aliphatic rings. The molecule has 0 bridgehead atoms. The fourth-order valence-corrected chi connectivity index (χ4v) is 6.06. The predicted molar refractivity (Wildman–Crippen MR) is 174 cm³/mol. The maximum absolute atomic E-state index is 11.6. The first kappa shape index (κ1) is 43.8. The minimum absolute atomic E-state index is 0.147. The number of unbranched alkanes of at least 4 members (excludes halogenated alkanes) is 9. The Morgan fingerprint density at radius 1 is 0.776 bits per heavy atom. The molecule has 288 valence electrons. The molecule has 0 saturated carbocycles. The Kier molecular flexibility index (Phi) is 20.8. The van der Waals surface area contributed by atoms with Gasteiger partial charge < -0.3 is 64.6 Å². The largest absolute Gasteiger partial charge is 0.748 e. The number of hydrogen-bond acceptors (Lipinski definition) is 15. The molecule has 2 saturated heterocycles. The molecule has 0 aliphatic carbocycles. The van der Waals surface area contributed by atoms with Gasteiger partial charge in [-0.05, 0) is 45.4 Å². The van der Waals surface area contributed by atoms with Gasteiger partial charge in [0, 0.05) is 13.0 Å². The molecule has 2 fully saturated rings. The van der Waals surface area contributed by atoms with Crippen LogP contribution in [0.25, 0.3) is 0 Å². The van der Waals surface area contributed by atoms with Crippen LogP contribution >= 0.6 is 0 Å². The highest BCUT2D eigenvalue weighted by atomic mass is 32.2. The van der Waals surface area contributed by atoms with E-state index in [1.54, 1.807) is 0 Å². The molecule has 16 nitrogen and oxygen atoms in total. The number of allylic oxidation sites excluding steroid dienone is 2. The van der Waals surface area contributed by atoms with Gasteiger partial charge in [-0.3, -0.25) is 4.79 Å². The molecule has 0 spiro atoms. The average molecular weight is 729 g/mol. The summed E-state index contributed by atoms with van der Waals surface area (Å²) in [5.41, 5.74) is 0. The maximum atomic E-state index is 11.6. The van der Waals surface area contributed by atoms with Crippen molar-refractivity contribution >= 4 is 16.0 Å². The Labute approximate surface area is 289 Å². The van der Waals surface area contributed by atoms with E-state index in [9.17, 15) is 53.5 Å². The molecule has 49 heavy (non-hydrogen) atoms. The maximum Gasteiger partial charge on any atom is 0.220 e. The van der Waals surface area contributed by atoms with Gasteiger partial charge in [-0.2, -0.15) is 0 Å². The number of carbonyl (C=O) groups is 1. The Bertz CT molecular complexity index is 1050. The first-order chi connectivity index (χ1) is 23.3. The van der Waals surface area contributed by atoms with Crippen LogP contribution in [0.4, 0.5) is 0 Å². The van der Waals surface area contributed by atoms with Crippen molar-refractivity contribution in [3.05, 3.63) is 12.2 Å². The number of amides is 1. The molecule has 8 N–H and O–H groups in total. The van der Waals surface area contributed by atoms with Crippen molar-refractivity contribution in [1.29, 1.82) is 0 Å². The summed E-state index contributed by atoms with van der Waals surface area (Å²) in [5, 5.41) is 73.2. The van der Waals surface area contributed by atoms with E-state index in [-0.39, 0.29) is 18.6 Å². The number of rotatable bonds is 24. The van der Waals surface area contributed by atoms with E-state index >= 15 is 0 Å². The van der Waals surface area contributed by atoms with E-state index in [1.807, 2.05) is 6.92 Å². The highest BCUT2D eigenvalue weighted by Crippen LogP contribution is 2.30. The normalized spacial score (nSPS) is 31.6. The van der Waals surface area contributed by atoms with Crippen LogP contribution in [0.5, 0.6) is 0 Å². The second kappa shape index (κ2) is 23.3. The van der Waals surface area contributed by atoms with Gasteiger partial charge in [-0.1, -0.05) is 50.7 Å². The van der Waals surface area contributed by atoms with E-state index in [0.29, 0.717) is 12.8 Å². The minimum Gasteiger partial charge on any atom is -0.748 e. The van der Waals surface area contributed by atoms with Crippen LogP contribution in [-0.4, -0.2) is 148 Å². The van der Waals surface area contributed by atoms with Crippen molar-refractivity contribution in [2.75, 3.05) is 25.5 Å². The Balaban J connectivity index is 1.60. The van der Waals surface area contributed by atoms with Crippen molar-refractivity contribution in [3.8, 4) is 0 Å². The van der Waals surface area contributed by atoms with Crippen LogP contribution in [0.3, 0.4) is 0 Å². The van der Waals surface area contributed by atoms with Crippen LogP contribution in [0.1, 0.15) is 90.4 Å². The van der Waals surface area contributed by atoms with Crippen LogP contribution < -0.4 is 5.32 Å². The zero-order valence-corrected chi connectivity index (χ0v) is 29.1. The monoisotopic (exact) mass is 728 g/mol. The summed E-state index contributed by atoms with van der Waals surface area (Å²) in [6.07, 6.45) is 0.817. The van der Waals surface area contributed by atoms with Crippen molar-refractivity contribution in [2.45, 2.75) is 158 Å². The molecule has 1 amide bonds. The number of aliphatic hydroxyl groups is 7. The summed E-state index contributed by atoms with van der Waals surface area (Å²) in [6, 6.07) is 0. The van der Waals surface area contributed by atoms with Crippen molar-refractivity contribution in [2.24, 2.45) is 0 Å². The topological polar surface area (TPSA) is 265 Å². The first-order valence-electron chi connectivity index (χ1n) is 17.4. The fourth-order valence-electron chi connectivity index (χ4n) is 5.71. The summed E-state index contributed by atoms with van der Waals surface area (Å²) in [7, 11) is -4.31. The second-order valence-corrected chi connectivity index (χ2v) is 14.4. The molecular formula is C32H58NO15S-. The molecule has 0 aromatic rings. The summed E-state index contributed by atoms with van der Waals surface area (Å²) in [6.45, 7) is 0.401. The quantitative estimate of drug-likeness (QED) is 0.0347. The molecular weight excluding hydrogens is 670 g/mol. The first-order valence-corrected chi connectivity index (χ1v) is 19.0. The van der Waals surface area contributed by atoms with Gasteiger partial charge >= 0.3 is 0 Å². The van der Waals surface area contributed by atoms with E-state index in [2.05, 4.69) is 17.5 Å². The number of nitrogens with one attached hydrogen (secondary N) is 1. The van der Waals surface area contributed by atoms with Crippen LogP contribution in [-0.2, 0) is 33.9 Å². The highest BCUT2D eigenvalue weighted by Gasteiger charge is 2.51. The highest BCUT2D eigenvalue weighted by molar-refractivity contribution is 7.85. The van der Waals surface area contributed by atoms with Gasteiger partial charge in [0.2, 0.25) is 5.91 Å². The molecule has 0 aromatic heterocycles. The number of aliphatic hydroxyl groups excluding tert-OH is 7. The zero-order chi connectivity index (χ0) is 36.4. The number of hydrogen-bond donors (Lipinski definition) is 8. The van der Waals surface area contributed by atoms with E-state index < -0.39 is 90.5 Å². The molecule has 17 heteroatoms. The Hall–Kier alpha value is -1.32. The molecule has 2 heterocycles. The fraction of sp³-hybridized carbons (Fsp3) is 0.906. The third-order valence-corrected chi connectivity index (χ3v) is 9.38. The summed E-state index contributed by atoms with van der Waals surface area (Å²) in [5.74, 6) is -0.828.